The van der Waals surface area contributed by atoms with E-state index in [4.69, 9.17) is 9.52 Å². The smallest absolute Gasteiger partial charge is 0.372 e. The SMILES string of the molecule is C=CCCNS(=O)(=O)c1ccc2oc(C(=O)O)c(C)c2c1. The van der Waals surface area contributed by atoms with E-state index in [2.05, 4.69) is 11.3 Å². The van der Waals surface area contributed by atoms with Gasteiger partial charge in [-0.1, -0.05) is 6.08 Å². The van der Waals surface area contributed by atoms with Crippen molar-refractivity contribution in [2.75, 3.05) is 6.54 Å². The maximum absolute atomic E-state index is 12.1. The van der Waals surface area contributed by atoms with Crippen molar-refractivity contribution >= 4 is 27.0 Å². The number of aromatic carboxylic acids is 1. The summed E-state index contributed by atoms with van der Waals surface area (Å²) in [5, 5.41) is 9.48. The molecule has 21 heavy (non-hydrogen) atoms. The number of rotatable bonds is 6. The fraction of sp³-hybridized carbons (Fsp3) is 0.214. The van der Waals surface area contributed by atoms with Crippen LogP contribution in [0.4, 0.5) is 0 Å². The van der Waals surface area contributed by atoms with Gasteiger partial charge in [0, 0.05) is 17.5 Å². The van der Waals surface area contributed by atoms with Crippen LogP contribution in [0.25, 0.3) is 11.0 Å². The number of fused-ring (bicyclic) bond motifs is 1. The summed E-state index contributed by atoms with van der Waals surface area (Å²) in [6.07, 6.45) is 2.14. The van der Waals surface area contributed by atoms with Crippen LogP contribution in [0.3, 0.4) is 0 Å². The van der Waals surface area contributed by atoms with E-state index in [1.165, 1.54) is 18.2 Å². The molecule has 0 bridgehead atoms. The first kappa shape index (κ1) is 15.3. The molecule has 112 valence electrons. The summed E-state index contributed by atoms with van der Waals surface area (Å²) in [4.78, 5) is 11.1. The third kappa shape index (κ3) is 2.98. The molecule has 0 aliphatic heterocycles. The lowest BCUT2D eigenvalue weighted by Crippen LogP contribution is -2.24. The first-order valence-electron chi connectivity index (χ1n) is 6.24. The van der Waals surface area contributed by atoms with Gasteiger partial charge in [-0.2, -0.15) is 0 Å². The first-order valence-corrected chi connectivity index (χ1v) is 7.72. The van der Waals surface area contributed by atoms with Gasteiger partial charge in [-0.05, 0) is 31.5 Å². The Morgan fingerprint density at radius 3 is 2.81 bits per heavy atom. The van der Waals surface area contributed by atoms with E-state index < -0.39 is 16.0 Å². The number of carboxylic acid groups (broad SMARTS) is 1. The summed E-state index contributed by atoms with van der Waals surface area (Å²) >= 11 is 0. The van der Waals surface area contributed by atoms with Gasteiger partial charge in [0.05, 0.1) is 4.90 Å². The van der Waals surface area contributed by atoms with Crippen molar-refractivity contribution in [3.05, 3.63) is 42.2 Å². The van der Waals surface area contributed by atoms with Crippen molar-refractivity contribution in [1.29, 1.82) is 0 Å². The molecule has 0 unspecified atom stereocenters. The molecule has 1 aromatic heterocycles. The quantitative estimate of drug-likeness (QED) is 0.630. The normalized spacial score (nSPS) is 11.7. The van der Waals surface area contributed by atoms with Crippen LogP contribution in [0.5, 0.6) is 0 Å². The van der Waals surface area contributed by atoms with Gasteiger partial charge in [-0.15, -0.1) is 6.58 Å². The molecule has 0 amide bonds. The topological polar surface area (TPSA) is 96.6 Å². The van der Waals surface area contributed by atoms with E-state index in [-0.39, 0.29) is 17.2 Å². The van der Waals surface area contributed by atoms with Crippen LogP contribution < -0.4 is 4.72 Å². The fourth-order valence-electron chi connectivity index (χ4n) is 1.95. The van der Waals surface area contributed by atoms with Gasteiger partial charge in [0.15, 0.2) is 0 Å². The number of sulfonamides is 1. The Morgan fingerprint density at radius 1 is 1.48 bits per heavy atom. The zero-order chi connectivity index (χ0) is 15.6. The van der Waals surface area contributed by atoms with Crippen LogP contribution >= 0.6 is 0 Å². The van der Waals surface area contributed by atoms with E-state index in [1.807, 2.05) is 0 Å². The van der Waals surface area contributed by atoms with Crippen LogP contribution in [0.15, 0.2) is 40.2 Å². The standard InChI is InChI=1S/C14H15NO5S/c1-3-4-7-15-21(18,19)10-5-6-12-11(8-10)9(2)13(20-12)14(16)17/h3,5-6,8,15H,1,4,7H2,2H3,(H,16,17). The second-order valence-electron chi connectivity index (χ2n) is 4.49. The van der Waals surface area contributed by atoms with Gasteiger partial charge in [0.2, 0.25) is 15.8 Å². The maximum atomic E-state index is 12.1. The minimum atomic E-state index is -3.64. The molecule has 0 spiro atoms. The highest BCUT2D eigenvalue weighted by Crippen LogP contribution is 2.27. The van der Waals surface area contributed by atoms with Crippen LogP contribution in [-0.4, -0.2) is 26.0 Å². The molecule has 2 aromatic rings. The Balaban J connectivity index is 2.45. The van der Waals surface area contributed by atoms with E-state index >= 15 is 0 Å². The second-order valence-corrected chi connectivity index (χ2v) is 6.26. The minimum absolute atomic E-state index is 0.0694. The van der Waals surface area contributed by atoms with E-state index in [9.17, 15) is 13.2 Å². The molecule has 2 N–H and O–H groups in total. The summed E-state index contributed by atoms with van der Waals surface area (Å²) < 4.78 is 31.9. The average molecular weight is 309 g/mol. The van der Waals surface area contributed by atoms with Crippen molar-refractivity contribution in [3.63, 3.8) is 0 Å². The molecule has 0 radical (unpaired) electrons. The second kappa shape index (κ2) is 5.71. The van der Waals surface area contributed by atoms with Gasteiger partial charge in [0.1, 0.15) is 5.58 Å². The van der Waals surface area contributed by atoms with Crippen molar-refractivity contribution in [1.82, 2.24) is 4.72 Å². The lowest BCUT2D eigenvalue weighted by Gasteiger charge is -2.05. The number of carboxylic acids is 1. The average Bonchev–Trinajstić information content (AvgIpc) is 2.76. The maximum Gasteiger partial charge on any atom is 0.372 e. The molecule has 2 rings (SSSR count). The zero-order valence-corrected chi connectivity index (χ0v) is 12.2. The number of aryl methyl sites for hydroxylation is 1. The molecule has 1 aromatic carbocycles. The third-order valence-electron chi connectivity index (χ3n) is 3.05. The van der Waals surface area contributed by atoms with Crippen molar-refractivity contribution < 1.29 is 22.7 Å². The van der Waals surface area contributed by atoms with Gasteiger partial charge in [0.25, 0.3) is 0 Å². The summed E-state index contributed by atoms with van der Waals surface area (Å²) in [6, 6.07) is 4.25. The summed E-state index contributed by atoms with van der Waals surface area (Å²) in [5.74, 6) is -1.36. The highest BCUT2D eigenvalue weighted by atomic mass is 32.2. The molecule has 7 heteroatoms. The predicted octanol–water partition coefficient (Wildman–Crippen LogP) is 2.29. The highest BCUT2D eigenvalue weighted by molar-refractivity contribution is 7.89. The van der Waals surface area contributed by atoms with Gasteiger partial charge >= 0.3 is 5.97 Å². The Morgan fingerprint density at radius 2 is 2.19 bits per heavy atom. The molecule has 1 heterocycles. The van der Waals surface area contributed by atoms with Gasteiger partial charge < -0.3 is 9.52 Å². The number of benzene rings is 1. The minimum Gasteiger partial charge on any atom is -0.475 e. The third-order valence-corrected chi connectivity index (χ3v) is 4.51. The predicted molar refractivity (Wildman–Crippen MR) is 77.9 cm³/mol. The number of hydrogen-bond donors (Lipinski definition) is 2. The Kier molecular flexibility index (Phi) is 4.15. The molecule has 0 atom stereocenters. The van der Waals surface area contributed by atoms with Crippen molar-refractivity contribution in [3.8, 4) is 0 Å². The molecular weight excluding hydrogens is 294 g/mol. The lowest BCUT2D eigenvalue weighted by atomic mass is 10.1. The van der Waals surface area contributed by atoms with Crippen LogP contribution in [0.1, 0.15) is 22.5 Å². The van der Waals surface area contributed by atoms with Crippen LogP contribution in [-0.2, 0) is 10.0 Å². The van der Waals surface area contributed by atoms with E-state index in [0.29, 0.717) is 23.0 Å². The summed E-state index contributed by atoms with van der Waals surface area (Å²) in [7, 11) is -3.64. The van der Waals surface area contributed by atoms with Crippen molar-refractivity contribution in [2.24, 2.45) is 0 Å². The number of carbonyl (C=O) groups is 1. The molecular formula is C14H15NO5S. The van der Waals surface area contributed by atoms with E-state index in [1.54, 1.807) is 13.0 Å². The molecule has 0 aliphatic carbocycles. The molecule has 0 saturated heterocycles. The summed E-state index contributed by atoms with van der Waals surface area (Å²) in [5.41, 5.74) is 0.746. The zero-order valence-electron chi connectivity index (χ0n) is 11.4. The lowest BCUT2D eigenvalue weighted by molar-refractivity contribution is 0.0664. The van der Waals surface area contributed by atoms with Crippen molar-refractivity contribution in [2.45, 2.75) is 18.2 Å². The number of nitrogens with one attached hydrogen (secondary N) is 1. The number of hydrogen-bond acceptors (Lipinski definition) is 4. The van der Waals surface area contributed by atoms with Gasteiger partial charge in [-0.25, -0.2) is 17.9 Å². The largest absolute Gasteiger partial charge is 0.475 e. The first-order chi connectivity index (χ1) is 9.86. The Bertz CT molecular complexity index is 804. The van der Waals surface area contributed by atoms with E-state index in [0.717, 1.165) is 0 Å². The monoisotopic (exact) mass is 309 g/mol. The Labute approximate surface area is 122 Å². The highest BCUT2D eigenvalue weighted by Gasteiger charge is 2.20. The van der Waals surface area contributed by atoms with Gasteiger partial charge in [-0.3, -0.25) is 0 Å². The van der Waals surface area contributed by atoms with Crippen LogP contribution in [0, 0.1) is 6.92 Å². The molecule has 0 aliphatic rings. The molecule has 0 fully saturated rings. The summed E-state index contributed by atoms with van der Waals surface area (Å²) in [6.45, 7) is 5.36. The molecule has 0 saturated carbocycles. The molecule has 6 nitrogen and oxygen atoms in total. The number of furan rings is 1. The Hall–Kier alpha value is -2.12. The van der Waals surface area contributed by atoms with Crippen LogP contribution in [0.2, 0.25) is 0 Å². The fourth-order valence-corrected chi connectivity index (χ4v) is 3.02.